The van der Waals surface area contributed by atoms with E-state index in [1.165, 1.54) is 0 Å². The highest BCUT2D eigenvalue weighted by atomic mass is 32.1. The van der Waals surface area contributed by atoms with E-state index in [4.69, 9.17) is 9.26 Å². The van der Waals surface area contributed by atoms with Gasteiger partial charge in [0.15, 0.2) is 0 Å². The Kier molecular flexibility index (Phi) is 5.63. The molecule has 4 aromatic rings. The number of aryl methyl sites for hydroxylation is 3. The molecule has 30 heavy (non-hydrogen) atoms. The highest BCUT2D eigenvalue weighted by Crippen LogP contribution is 2.24. The van der Waals surface area contributed by atoms with Gasteiger partial charge in [0.05, 0.1) is 22.0 Å². The lowest BCUT2D eigenvalue weighted by Gasteiger charge is -2.09. The number of benzene rings is 2. The molecule has 0 saturated carbocycles. The Bertz CT molecular complexity index is 1160. The van der Waals surface area contributed by atoms with E-state index in [-0.39, 0.29) is 5.91 Å². The quantitative estimate of drug-likeness (QED) is 0.443. The molecule has 7 heteroatoms. The van der Waals surface area contributed by atoms with E-state index in [0.29, 0.717) is 17.9 Å². The number of thiazole rings is 1. The molecule has 0 radical (unpaired) electrons. The van der Waals surface area contributed by atoms with Crippen LogP contribution in [0.15, 0.2) is 58.4 Å². The van der Waals surface area contributed by atoms with Crippen molar-refractivity contribution in [2.45, 2.75) is 27.4 Å². The van der Waals surface area contributed by atoms with Crippen molar-refractivity contribution in [2.75, 3.05) is 5.32 Å². The average molecular weight is 420 g/mol. The highest BCUT2D eigenvalue weighted by molar-refractivity contribution is 7.09. The van der Waals surface area contributed by atoms with Crippen LogP contribution in [0.5, 0.6) is 5.75 Å². The highest BCUT2D eigenvalue weighted by Gasteiger charge is 2.11. The van der Waals surface area contributed by atoms with Gasteiger partial charge in [-0.05, 0) is 51.1 Å². The summed E-state index contributed by atoms with van der Waals surface area (Å²) in [6.45, 7) is 6.04. The van der Waals surface area contributed by atoms with Crippen LogP contribution in [-0.4, -0.2) is 16.0 Å². The summed E-state index contributed by atoms with van der Waals surface area (Å²) in [7, 11) is 0. The minimum Gasteiger partial charge on any atom is -0.489 e. The topological polar surface area (TPSA) is 77.2 Å². The predicted octanol–water partition coefficient (Wildman–Crippen LogP) is 5.55. The first-order chi connectivity index (χ1) is 14.5. The molecule has 0 aliphatic heterocycles. The van der Waals surface area contributed by atoms with Gasteiger partial charge in [-0.25, -0.2) is 4.98 Å². The van der Waals surface area contributed by atoms with Gasteiger partial charge in [0.1, 0.15) is 18.1 Å². The number of nitrogens with zero attached hydrogens (tertiary/aromatic N) is 2. The molecular weight excluding hydrogens is 398 g/mol. The van der Waals surface area contributed by atoms with Crippen LogP contribution in [0.4, 0.5) is 5.69 Å². The fourth-order valence-electron chi connectivity index (χ4n) is 3.01. The molecule has 4 rings (SSSR count). The van der Waals surface area contributed by atoms with E-state index in [2.05, 4.69) is 15.5 Å². The van der Waals surface area contributed by atoms with Crippen LogP contribution in [-0.2, 0) is 6.61 Å². The molecule has 2 heterocycles. The summed E-state index contributed by atoms with van der Waals surface area (Å²) in [6, 6.07) is 14.7. The monoisotopic (exact) mass is 419 g/mol. The van der Waals surface area contributed by atoms with Crippen LogP contribution in [0, 0.1) is 20.8 Å². The van der Waals surface area contributed by atoms with Gasteiger partial charge in [-0.2, -0.15) is 0 Å². The molecule has 0 unspecified atom stereocenters. The van der Waals surface area contributed by atoms with E-state index in [0.717, 1.165) is 39.0 Å². The smallest absolute Gasteiger partial charge is 0.255 e. The van der Waals surface area contributed by atoms with Crippen LogP contribution in [0.3, 0.4) is 0 Å². The molecule has 2 aromatic heterocycles. The zero-order valence-corrected chi connectivity index (χ0v) is 17.7. The van der Waals surface area contributed by atoms with E-state index < -0.39 is 0 Å². The first-order valence-corrected chi connectivity index (χ1v) is 10.4. The van der Waals surface area contributed by atoms with E-state index in [9.17, 15) is 4.79 Å². The SMILES string of the molecule is Cc1nc(-c2ccc(NC(=O)c3cccc(OCc4c(C)noc4C)c3)cc2)cs1. The maximum atomic E-state index is 12.7. The third-order valence-electron chi connectivity index (χ3n) is 4.72. The van der Waals surface area contributed by atoms with Crippen LogP contribution in [0.1, 0.15) is 32.4 Å². The predicted molar refractivity (Wildman–Crippen MR) is 117 cm³/mol. The van der Waals surface area contributed by atoms with Crippen molar-refractivity contribution in [3.63, 3.8) is 0 Å². The summed E-state index contributed by atoms with van der Waals surface area (Å²) >= 11 is 1.62. The number of ether oxygens (including phenoxy) is 1. The summed E-state index contributed by atoms with van der Waals surface area (Å²) < 4.78 is 11.0. The first-order valence-electron chi connectivity index (χ1n) is 9.48. The van der Waals surface area contributed by atoms with Gasteiger partial charge in [-0.1, -0.05) is 23.4 Å². The Balaban J connectivity index is 1.41. The number of aromatic nitrogens is 2. The van der Waals surface area contributed by atoms with Crippen molar-refractivity contribution in [2.24, 2.45) is 0 Å². The molecule has 2 aromatic carbocycles. The van der Waals surface area contributed by atoms with Crippen molar-refractivity contribution < 1.29 is 14.1 Å². The third-order valence-corrected chi connectivity index (χ3v) is 5.49. The zero-order chi connectivity index (χ0) is 21.1. The maximum absolute atomic E-state index is 12.7. The number of anilines is 1. The lowest BCUT2D eigenvalue weighted by molar-refractivity contribution is 0.102. The van der Waals surface area contributed by atoms with Crippen LogP contribution >= 0.6 is 11.3 Å². The van der Waals surface area contributed by atoms with E-state index >= 15 is 0 Å². The standard InChI is InChI=1S/C23H21N3O3S/c1-14-21(15(2)29-26-14)12-28-20-6-4-5-18(11-20)23(27)25-19-9-7-17(8-10-19)22-13-30-16(3)24-22/h4-11,13H,12H2,1-3H3,(H,25,27). The number of rotatable bonds is 6. The lowest BCUT2D eigenvalue weighted by atomic mass is 10.1. The third kappa shape index (κ3) is 4.41. The maximum Gasteiger partial charge on any atom is 0.255 e. The van der Waals surface area contributed by atoms with E-state index in [1.807, 2.05) is 56.5 Å². The second-order valence-electron chi connectivity index (χ2n) is 6.90. The van der Waals surface area contributed by atoms with Gasteiger partial charge >= 0.3 is 0 Å². The summed E-state index contributed by atoms with van der Waals surface area (Å²) in [4.78, 5) is 17.1. The molecule has 6 nitrogen and oxygen atoms in total. The molecule has 1 amide bonds. The van der Waals surface area contributed by atoms with Gasteiger partial charge in [-0.3, -0.25) is 4.79 Å². The number of hydrogen-bond acceptors (Lipinski definition) is 6. The Morgan fingerprint density at radius 1 is 1.13 bits per heavy atom. The summed E-state index contributed by atoms with van der Waals surface area (Å²) in [5, 5.41) is 9.90. The Hall–Kier alpha value is -3.45. The number of amides is 1. The first kappa shape index (κ1) is 19.8. The summed E-state index contributed by atoms with van der Waals surface area (Å²) in [5.41, 5.74) is 4.92. The summed E-state index contributed by atoms with van der Waals surface area (Å²) in [5.74, 6) is 1.14. The molecule has 152 valence electrons. The van der Waals surface area contributed by atoms with Crippen LogP contribution in [0.2, 0.25) is 0 Å². The molecule has 0 atom stereocenters. The normalized spacial score (nSPS) is 10.8. The minimum atomic E-state index is -0.199. The van der Waals surface area contributed by atoms with Gasteiger partial charge in [0, 0.05) is 22.2 Å². The van der Waals surface area contributed by atoms with E-state index in [1.54, 1.807) is 29.5 Å². The van der Waals surface area contributed by atoms with Crippen molar-refractivity contribution >= 4 is 22.9 Å². The number of hydrogen-bond donors (Lipinski definition) is 1. The molecule has 0 bridgehead atoms. The molecule has 0 spiro atoms. The van der Waals surface area contributed by atoms with Crippen LogP contribution < -0.4 is 10.1 Å². The van der Waals surface area contributed by atoms with Gasteiger partial charge in [-0.15, -0.1) is 11.3 Å². The Labute approximate surface area is 178 Å². The second kappa shape index (κ2) is 8.51. The average Bonchev–Trinajstić information content (AvgIpc) is 3.32. The molecule has 0 fully saturated rings. The molecule has 0 aliphatic rings. The minimum absolute atomic E-state index is 0.199. The zero-order valence-electron chi connectivity index (χ0n) is 16.9. The van der Waals surface area contributed by atoms with Crippen molar-refractivity contribution in [3.8, 4) is 17.0 Å². The van der Waals surface area contributed by atoms with Gasteiger partial charge in [0.2, 0.25) is 0 Å². The Morgan fingerprint density at radius 2 is 1.93 bits per heavy atom. The number of carbonyl (C=O) groups is 1. The molecule has 0 aliphatic carbocycles. The van der Waals surface area contributed by atoms with Crippen molar-refractivity contribution in [1.82, 2.24) is 10.1 Å². The molecule has 1 N–H and O–H groups in total. The molecule has 0 saturated heterocycles. The summed E-state index contributed by atoms with van der Waals surface area (Å²) in [6.07, 6.45) is 0. The Morgan fingerprint density at radius 3 is 2.60 bits per heavy atom. The second-order valence-corrected chi connectivity index (χ2v) is 7.96. The molecular formula is C23H21N3O3S. The lowest BCUT2D eigenvalue weighted by Crippen LogP contribution is -2.12. The van der Waals surface area contributed by atoms with Crippen molar-refractivity contribution in [3.05, 3.63) is 81.5 Å². The fraction of sp³-hybridized carbons (Fsp3) is 0.174. The van der Waals surface area contributed by atoms with Gasteiger partial charge < -0.3 is 14.6 Å². The fourth-order valence-corrected chi connectivity index (χ4v) is 3.64. The van der Waals surface area contributed by atoms with Crippen LogP contribution in [0.25, 0.3) is 11.3 Å². The van der Waals surface area contributed by atoms with Crippen molar-refractivity contribution in [1.29, 1.82) is 0 Å². The number of nitrogens with one attached hydrogen (secondary N) is 1. The van der Waals surface area contributed by atoms with Gasteiger partial charge in [0.25, 0.3) is 5.91 Å². The number of carbonyl (C=O) groups excluding carboxylic acids is 1. The largest absolute Gasteiger partial charge is 0.489 e.